The van der Waals surface area contributed by atoms with E-state index in [1.807, 2.05) is 13.0 Å². The summed E-state index contributed by atoms with van der Waals surface area (Å²) in [4.78, 5) is 17.8. The van der Waals surface area contributed by atoms with Crippen LogP contribution in [0, 0.1) is 0 Å². The minimum absolute atomic E-state index is 0.312. The quantitative estimate of drug-likeness (QED) is 0.783. The number of pyridine rings is 1. The van der Waals surface area contributed by atoms with E-state index in [4.69, 9.17) is 5.11 Å². The maximum absolute atomic E-state index is 11.1. The second-order valence-corrected chi connectivity index (χ2v) is 4.54. The zero-order valence-corrected chi connectivity index (χ0v) is 10.6. The summed E-state index contributed by atoms with van der Waals surface area (Å²) in [6.07, 6.45) is 4.86. The van der Waals surface area contributed by atoms with Crippen LogP contribution in [-0.2, 0) is 6.42 Å². The summed E-state index contributed by atoms with van der Waals surface area (Å²) in [5.74, 6) is -0.142. The first kappa shape index (κ1) is 12.6. The zero-order chi connectivity index (χ0) is 13.1. The lowest BCUT2D eigenvalue weighted by Gasteiger charge is -2.22. The predicted octanol–water partition coefficient (Wildman–Crippen LogP) is 2.50. The number of hydrogen-bond donors (Lipinski definition) is 1. The highest BCUT2D eigenvalue weighted by molar-refractivity contribution is 5.88. The Morgan fingerprint density at radius 2 is 2.33 bits per heavy atom. The van der Waals surface area contributed by atoms with Gasteiger partial charge in [0.05, 0.1) is 5.56 Å². The lowest BCUT2D eigenvalue weighted by Crippen LogP contribution is -2.27. The molecule has 4 heteroatoms. The molecule has 0 aliphatic heterocycles. The summed E-state index contributed by atoms with van der Waals surface area (Å²) < 4.78 is 0. The maximum atomic E-state index is 11.1. The van der Waals surface area contributed by atoms with Gasteiger partial charge in [-0.1, -0.05) is 13.0 Å². The van der Waals surface area contributed by atoms with E-state index < -0.39 is 5.97 Å². The van der Waals surface area contributed by atoms with Gasteiger partial charge in [-0.15, -0.1) is 6.58 Å². The molecule has 1 heterocycles. The zero-order valence-electron chi connectivity index (χ0n) is 10.6. The van der Waals surface area contributed by atoms with Crippen molar-refractivity contribution in [1.29, 1.82) is 0 Å². The highest BCUT2D eigenvalue weighted by atomic mass is 16.4. The van der Waals surface area contributed by atoms with Gasteiger partial charge in [0.1, 0.15) is 5.82 Å². The number of aromatic nitrogens is 1. The van der Waals surface area contributed by atoms with Crippen molar-refractivity contribution in [2.45, 2.75) is 32.2 Å². The molecule has 1 fully saturated rings. The molecular formula is C14H18N2O2. The van der Waals surface area contributed by atoms with Crippen molar-refractivity contribution in [3.8, 4) is 0 Å². The average Bonchev–Trinajstić information content (AvgIpc) is 3.19. The number of nitrogens with zero attached hydrogens (tertiary/aromatic N) is 2. The molecular weight excluding hydrogens is 228 g/mol. The van der Waals surface area contributed by atoms with E-state index in [0.29, 0.717) is 18.2 Å². The highest BCUT2D eigenvalue weighted by Gasteiger charge is 2.29. The summed E-state index contributed by atoms with van der Waals surface area (Å²) in [5.41, 5.74) is 1.13. The maximum Gasteiger partial charge on any atom is 0.335 e. The van der Waals surface area contributed by atoms with Gasteiger partial charge in [-0.05, 0) is 31.4 Å². The molecule has 0 atom stereocenters. The van der Waals surface area contributed by atoms with E-state index in [9.17, 15) is 4.79 Å². The molecule has 1 saturated carbocycles. The molecule has 0 saturated heterocycles. The van der Waals surface area contributed by atoms with Crippen molar-refractivity contribution in [2.75, 3.05) is 11.4 Å². The number of hydrogen-bond acceptors (Lipinski definition) is 3. The van der Waals surface area contributed by atoms with Crippen molar-refractivity contribution in [1.82, 2.24) is 4.98 Å². The highest BCUT2D eigenvalue weighted by Crippen LogP contribution is 2.31. The van der Waals surface area contributed by atoms with Gasteiger partial charge in [0.25, 0.3) is 0 Å². The van der Waals surface area contributed by atoms with Gasteiger partial charge in [-0.2, -0.15) is 0 Å². The number of aryl methyl sites for hydroxylation is 1. The standard InChI is InChI=1S/C14H18N2O2/c1-3-7-16(12-5-6-12)13-9-10(14(17)18)8-11(4-2)15-13/h3,8-9,12H,1,4-7H2,2H3,(H,17,18). The molecule has 18 heavy (non-hydrogen) atoms. The van der Waals surface area contributed by atoms with Crippen LogP contribution in [0.3, 0.4) is 0 Å². The fourth-order valence-corrected chi connectivity index (χ4v) is 1.98. The van der Waals surface area contributed by atoms with Crippen molar-refractivity contribution in [3.63, 3.8) is 0 Å². The van der Waals surface area contributed by atoms with Crippen LogP contribution in [0.1, 0.15) is 35.8 Å². The molecule has 0 bridgehead atoms. The molecule has 1 N–H and O–H groups in total. The summed E-state index contributed by atoms with van der Waals surface area (Å²) >= 11 is 0. The van der Waals surface area contributed by atoms with E-state index in [1.54, 1.807) is 12.1 Å². The Kier molecular flexibility index (Phi) is 3.65. The number of aromatic carboxylic acids is 1. The van der Waals surface area contributed by atoms with E-state index in [0.717, 1.165) is 30.8 Å². The average molecular weight is 246 g/mol. The molecule has 4 nitrogen and oxygen atoms in total. The van der Waals surface area contributed by atoms with E-state index in [2.05, 4.69) is 16.5 Å². The molecule has 1 aliphatic carbocycles. The van der Waals surface area contributed by atoms with E-state index in [1.165, 1.54) is 0 Å². The minimum Gasteiger partial charge on any atom is -0.478 e. The van der Waals surface area contributed by atoms with Crippen LogP contribution >= 0.6 is 0 Å². The summed E-state index contributed by atoms with van der Waals surface area (Å²) in [7, 11) is 0. The Hall–Kier alpha value is -1.84. The lowest BCUT2D eigenvalue weighted by molar-refractivity contribution is 0.0696. The fraction of sp³-hybridized carbons (Fsp3) is 0.429. The number of carboxylic acids is 1. The van der Waals surface area contributed by atoms with Crippen LogP contribution < -0.4 is 4.90 Å². The number of carboxylic acid groups (broad SMARTS) is 1. The largest absolute Gasteiger partial charge is 0.478 e. The SMILES string of the molecule is C=CCN(c1cc(C(=O)O)cc(CC)n1)C1CC1. The molecule has 0 radical (unpaired) electrons. The second kappa shape index (κ2) is 5.21. The Bertz CT molecular complexity index is 467. The Labute approximate surface area is 107 Å². The van der Waals surface area contributed by atoms with Gasteiger partial charge < -0.3 is 10.0 Å². The summed E-state index contributed by atoms with van der Waals surface area (Å²) in [6.45, 7) is 6.44. The van der Waals surface area contributed by atoms with Gasteiger partial charge in [-0.25, -0.2) is 9.78 Å². The molecule has 1 aliphatic rings. The second-order valence-electron chi connectivity index (χ2n) is 4.54. The van der Waals surface area contributed by atoms with Crippen molar-refractivity contribution in [3.05, 3.63) is 36.0 Å². The predicted molar refractivity (Wildman–Crippen MR) is 71.1 cm³/mol. The summed E-state index contributed by atoms with van der Waals surface area (Å²) in [5, 5.41) is 9.13. The number of carbonyl (C=O) groups is 1. The minimum atomic E-state index is -0.900. The van der Waals surface area contributed by atoms with Crippen LogP contribution in [0.2, 0.25) is 0 Å². The van der Waals surface area contributed by atoms with Crippen LogP contribution in [-0.4, -0.2) is 28.6 Å². The van der Waals surface area contributed by atoms with Gasteiger partial charge in [0, 0.05) is 18.3 Å². The third-order valence-electron chi connectivity index (χ3n) is 3.08. The normalized spacial score (nSPS) is 14.3. The molecule has 0 spiro atoms. The molecule has 0 unspecified atom stereocenters. The first-order valence-corrected chi connectivity index (χ1v) is 6.27. The van der Waals surface area contributed by atoms with Crippen LogP contribution in [0.4, 0.5) is 5.82 Å². The van der Waals surface area contributed by atoms with Crippen molar-refractivity contribution < 1.29 is 9.90 Å². The van der Waals surface area contributed by atoms with E-state index >= 15 is 0 Å². The van der Waals surface area contributed by atoms with Crippen molar-refractivity contribution in [2.24, 2.45) is 0 Å². The fourth-order valence-electron chi connectivity index (χ4n) is 1.98. The van der Waals surface area contributed by atoms with Gasteiger partial charge in [-0.3, -0.25) is 0 Å². The molecule has 1 aromatic heterocycles. The molecule has 1 aromatic rings. The van der Waals surface area contributed by atoms with Crippen LogP contribution in [0.25, 0.3) is 0 Å². The first-order valence-electron chi connectivity index (χ1n) is 6.27. The third-order valence-corrected chi connectivity index (χ3v) is 3.08. The third kappa shape index (κ3) is 2.70. The van der Waals surface area contributed by atoms with Crippen LogP contribution in [0.15, 0.2) is 24.8 Å². The van der Waals surface area contributed by atoms with Gasteiger partial charge in [0.2, 0.25) is 0 Å². The Morgan fingerprint density at radius 3 is 2.83 bits per heavy atom. The van der Waals surface area contributed by atoms with Gasteiger partial charge in [0.15, 0.2) is 0 Å². The molecule has 0 amide bonds. The first-order chi connectivity index (χ1) is 8.65. The van der Waals surface area contributed by atoms with Crippen molar-refractivity contribution >= 4 is 11.8 Å². The monoisotopic (exact) mass is 246 g/mol. The topological polar surface area (TPSA) is 53.4 Å². The van der Waals surface area contributed by atoms with E-state index in [-0.39, 0.29) is 0 Å². The summed E-state index contributed by atoms with van der Waals surface area (Å²) in [6, 6.07) is 3.79. The van der Waals surface area contributed by atoms with Gasteiger partial charge >= 0.3 is 5.97 Å². The molecule has 0 aromatic carbocycles. The molecule has 96 valence electrons. The Morgan fingerprint density at radius 1 is 1.61 bits per heavy atom. The smallest absolute Gasteiger partial charge is 0.335 e. The lowest BCUT2D eigenvalue weighted by atomic mass is 10.2. The number of rotatable bonds is 6. The number of anilines is 1. The Balaban J connectivity index is 2.37. The van der Waals surface area contributed by atoms with Crippen LogP contribution in [0.5, 0.6) is 0 Å². The molecule has 2 rings (SSSR count).